The van der Waals surface area contributed by atoms with E-state index in [-0.39, 0.29) is 19.4 Å². The molecule has 0 saturated carbocycles. The van der Waals surface area contributed by atoms with E-state index in [4.69, 9.17) is 0 Å². The predicted octanol–water partition coefficient (Wildman–Crippen LogP) is 0.162. The summed E-state index contributed by atoms with van der Waals surface area (Å²) in [5.74, 6) is -1.17. The second kappa shape index (κ2) is 7.19. The molecule has 0 unspecified atom stereocenters. The first kappa shape index (κ1) is 17.5. The van der Waals surface area contributed by atoms with E-state index in [0.717, 1.165) is 0 Å². The van der Waals surface area contributed by atoms with Gasteiger partial charge in [0.1, 0.15) is 11.5 Å². The van der Waals surface area contributed by atoms with Crippen LogP contribution < -0.4 is 5.32 Å². The van der Waals surface area contributed by atoms with E-state index in [9.17, 15) is 26.4 Å². The van der Waals surface area contributed by atoms with E-state index in [1.54, 1.807) is 0 Å². The third-order valence-corrected chi connectivity index (χ3v) is 4.33. The van der Waals surface area contributed by atoms with Crippen molar-refractivity contribution in [1.29, 1.82) is 0 Å². The monoisotopic (exact) mass is 309 g/mol. The van der Waals surface area contributed by atoms with Gasteiger partial charge in [-0.1, -0.05) is 13.2 Å². The number of carbonyl (C=O) groups excluding carboxylic acids is 2. The van der Waals surface area contributed by atoms with Crippen LogP contribution in [0.25, 0.3) is 0 Å². The van der Waals surface area contributed by atoms with Gasteiger partial charge >= 0.3 is 5.24 Å². The molecule has 0 aromatic heterocycles. The SMILES string of the molecule is C=CS(=O)(=O)CC(=O)CCCNC(=O)S(=O)(=O)C=C. The summed E-state index contributed by atoms with van der Waals surface area (Å²) in [7, 11) is -7.59. The van der Waals surface area contributed by atoms with Crippen molar-refractivity contribution in [3.63, 3.8) is 0 Å². The fourth-order valence-electron chi connectivity index (χ4n) is 1.01. The molecule has 1 amide bonds. The Morgan fingerprint density at radius 1 is 1.05 bits per heavy atom. The number of nitrogens with one attached hydrogen (secondary N) is 1. The van der Waals surface area contributed by atoms with E-state index in [2.05, 4.69) is 18.5 Å². The van der Waals surface area contributed by atoms with Crippen molar-refractivity contribution in [2.45, 2.75) is 12.8 Å². The minimum absolute atomic E-state index is 0.0498. The maximum atomic E-state index is 11.2. The minimum Gasteiger partial charge on any atom is -0.343 e. The molecule has 0 bridgehead atoms. The number of carbonyl (C=O) groups is 2. The van der Waals surface area contributed by atoms with Gasteiger partial charge in [0.2, 0.25) is 0 Å². The first-order chi connectivity index (χ1) is 8.64. The molecule has 0 fully saturated rings. The number of hydrogen-bond acceptors (Lipinski definition) is 6. The van der Waals surface area contributed by atoms with E-state index < -0.39 is 36.4 Å². The normalized spacial score (nSPS) is 11.6. The molecule has 0 heterocycles. The molecule has 19 heavy (non-hydrogen) atoms. The van der Waals surface area contributed by atoms with Gasteiger partial charge in [-0.2, -0.15) is 0 Å². The zero-order valence-corrected chi connectivity index (χ0v) is 11.8. The van der Waals surface area contributed by atoms with Gasteiger partial charge in [0.05, 0.1) is 0 Å². The van der Waals surface area contributed by atoms with Crippen molar-refractivity contribution in [3.8, 4) is 0 Å². The molecule has 9 heteroatoms. The fraction of sp³-hybridized carbons (Fsp3) is 0.400. The summed E-state index contributed by atoms with van der Waals surface area (Å²) in [6, 6.07) is 0. The maximum absolute atomic E-state index is 11.2. The number of ketones is 1. The summed E-state index contributed by atoms with van der Waals surface area (Å²) in [6.07, 6.45) is 0.0609. The number of sulfone groups is 2. The second-order valence-corrected chi connectivity index (χ2v) is 7.28. The predicted molar refractivity (Wildman–Crippen MR) is 70.7 cm³/mol. The summed E-state index contributed by atoms with van der Waals surface area (Å²) < 4.78 is 44.0. The largest absolute Gasteiger partial charge is 0.343 e. The van der Waals surface area contributed by atoms with Gasteiger partial charge in [-0.05, 0) is 6.42 Å². The second-order valence-electron chi connectivity index (χ2n) is 3.54. The molecule has 0 aromatic rings. The van der Waals surface area contributed by atoms with Gasteiger partial charge in [0.15, 0.2) is 9.84 Å². The van der Waals surface area contributed by atoms with Gasteiger partial charge in [-0.3, -0.25) is 9.59 Å². The van der Waals surface area contributed by atoms with Crippen LogP contribution in [0.5, 0.6) is 0 Å². The third-order valence-electron chi connectivity index (χ3n) is 2.00. The highest BCUT2D eigenvalue weighted by atomic mass is 32.2. The molecular formula is C10H15NO6S2. The van der Waals surface area contributed by atoms with Crippen LogP contribution in [-0.4, -0.2) is 40.2 Å². The maximum Gasteiger partial charge on any atom is 0.340 e. The lowest BCUT2D eigenvalue weighted by molar-refractivity contribution is -0.116. The lowest BCUT2D eigenvalue weighted by atomic mass is 10.2. The third kappa shape index (κ3) is 6.87. The molecule has 7 nitrogen and oxygen atoms in total. The smallest absolute Gasteiger partial charge is 0.340 e. The molecule has 108 valence electrons. The highest BCUT2D eigenvalue weighted by molar-refractivity contribution is 8.08. The lowest BCUT2D eigenvalue weighted by Crippen LogP contribution is -2.29. The fourth-order valence-corrected chi connectivity index (χ4v) is 2.17. The highest BCUT2D eigenvalue weighted by Gasteiger charge is 2.17. The zero-order chi connectivity index (χ0) is 15.1. The summed E-state index contributed by atoms with van der Waals surface area (Å²) in [5, 5.41) is 2.10. The molecule has 0 aliphatic carbocycles. The average molecular weight is 309 g/mol. The Morgan fingerprint density at radius 2 is 1.63 bits per heavy atom. The Morgan fingerprint density at radius 3 is 2.11 bits per heavy atom. The summed E-state index contributed by atoms with van der Waals surface area (Å²) in [6.45, 7) is 6.00. The van der Waals surface area contributed by atoms with Crippen molar-refractivity contribution in [2.75, 3.05) is 12.3 Å². The number of Topliss-reactive ketones (excluding diaryl/α,β-unsaturated/α-hetero) is 1. The van der Waals surface area contributed by atoms with Crippen LogP contribution in [-0.2, 0) is 24.5 Å². The first-order valence-corrected chi connectivity index (χ1v) is 8.43. The molecule has 0 aliphatic heterocycles. The Labute approximate surface area is 112 Å². The van der Waals surface area contributed by atoms with Crippen LogP contribution >= 0.6 is 0 Å². The van der Waals surface area contributed by atoms with E-state index in [0.29, 0.717) is 10.8 Å². The number of hydrogen-bond donors (Lipinski definition) is 1. The van der Waals surface area contributed by atoms with Crippen molar-refractivity contribution in [3.05, 3.63) is 24.0 Å². The van der Waals surface area contributed by atoms with E-state index in [1.807, 2.05) is 0 Å². The van der Waals surface area contributed by atoms with Crippen molar-refractivity contribution in [2.24, 2.45) is 0 Å². The Bertz CT molecular complexity index is 573. The summed E-state index contributed by atoms with van der Waals surface area (Å²) in [5.41, 5.74) is 0. The molecule has 0 radical (unpaired) electrons. The first-order valence-electron chi connectivity index (χ1n) is 5.17. The van der Waals surface area contributed by atoms with Crippen molar-refractivity contribution >= 4 is 30.7 Å². The quantitative estimate of drug-likeness (QED) is 0.639. The Hall–Kier alpha value is -1.48. The lowest BCUT2D eigenvalue weighted by Gasteiger charge is -2.03. The van der Waals surface area contributed by atoms with E-state index >= 15 is 0 Å². The molecule has 0 saturated heterocycles. The van der Waals surface area contributed by atoms with E-state index in [1.165, 1.54) is 0 Å². The molecule has 0 aromatic carbocycles. The minimum atomic E-state index is -4.01. The van der Waals surface area contributed by atoms with Gasteiger partial charge < -0.3 is 5.32 Å². The molecular weight excluding hydrogens is 294 g/mol. The molecule has 1 N–H and O–H groups in total. The van der Waals surface area contributed by atoms with Gasteiger partial charge in [0.25, 0.3) is 9.84 Å². The average Bonchev–Trinajstić information content (AvgIpc) is 2.33. The number of rotatable bonds is 8. The molecule has 0 spiro atoms. The standard InChI is InChI=1S/C10H15NO6S2/c1-3-18(14,15)8-9(12)6-5-7-11-10(13)19(16,17)4-2/h3-4H,1-2,5-8H2,(H,11,13). The van der Waals surface area contributed by atoms with Gasteiger partial charge in [-0.25, -0.2) is 16.8 Å². The number of amides is 1. The van der Waals surface area contributed by atoms with Crippen LogP contribution in [0.2, 0.25) is 0 Å². The van der Waals surface area contributed by atoms with Crippen LogP contribution in [0.3, 0.4) is 0 Å². The van der Waals surface area contributed by atoms with Crippen molar-refractivity contribution < 1.29 is 26.4 Å². The molecule has 0 atom stereocenters. The van der Waals surface area contributed by atoms with Crippen LogP contribution in [0, 0.1) is 0 Å². The van der Waals surface area contributed by atoms with Gasteiger partial charge in [0, 0.05) is 23.8 Å². The van der Waals surface area contributed by atoms with Crippen LogP contribution in [0.15, 0.2) is 24.0 Å². The van der Waals surface area contributed by atoms with Crippen LogP contribution in [0.1, 0.15) is 12.8 Å². The topological polar surface area (TPSA) is 114 Å². The van der Waals surface area contributed by atoms with Crippen molar-refractivity contribution in [1.82, 2.24) is 5.32 Å². The molecule has 0 rings (SSSR count). The summed E-state index contributed by atoms with van der Waals surface area (Å²) >= 11 is 0. The van der Waals surface area contributed by atoms with Crippen LogP contribution in [0.4, 0.5) is 4.79 Å². The zero-order valence-electron chi connectivity index (χ0n) is 10.2. The highest BCUT2D eigenvalue weighted by Crippen LogP contribution is 1.98. The Kier molecular flexibility index (Phi) is 6.63. The molecule has 0 aliphatic rings. The van der Waals surface area contributed by atoms with Gasteiger partial charge in [-0.15, -0.1) is 0 Å². The summed E-state index contributed by atoms with van der Waals surface area (Å²) in [4.78, 5) is 22.3. The Balaban J connectivity index is 4.07.